The van der Waals surface area contributed by atoms with Crippen LogP contribution < -0.4 is 0 Å². The zero-order valence-corrected chi connectivity index (χ0v) is 16.5. The van der Waals surface area contributed by atoms with E-state index in [-0.39, 0.29) is 40.6 Å². The van der Waals surface area contributed by atoms with Crippen molar-refractivity contribution in [1.82, 2.24) is 9.88 Å². The summed E-state index contributed by atoms with van der Waals surface area (Å²) in [6.45, 7) is 8.30. The van der Waals surface area contributed by atoms with Gasteiger partial charge in [-0.15, -0.1) is 0 Å². The molecule has 0 unspecified atom stereocenters. The fourth-order valence-electron chi connectivity index (χ4n) is 3.00. The van der Waals surface area contributed by atoms with Crippen molar-refractivity contribution in [3.05, 3.63) is 28.3 Å². The number of nitrogens with zero attached hydrogens (tertiary/aromatic N) is 2. The van der Waals surface area contributed by atoms with Crippen LogP contribution in [0.2, 0.25) is 5.15 Å². The molecule has 7 heteroatoms. The van der Waals surface area contributed by atoms with E-state index >= 15 is 0 Å². The van der Waals surface area contributed by atoms with E-state index in [9.17, 15) is 14.0 Å². The topological polar surface area (TPSA) is 59.5 Å². The summed E-state index contributed by atoms with van der Waals surface area (Å²) in [5, 5.41) is 0.129. The van der Waals surface area contributed by atoms with Crippen molar-refractivity contribution >= 4 is 23.5 Å². The maximum absolute atomic E-state index is 14.6. The average Bonchev–Trinajstić information content (AvgIpc) is 2.56. The van der Waals surface area contributed by atoms with Crippen LogP contribution in [-0.2, 0) is 11.2 Å². The van der Waals surface area contributed by atoms with Crippen LogP contribution in [0.5, 0.6) is 0 Å². The molecule has 1 aromatic rings. The lowest BCUT2D eigenvalue weighted by Gasteiger charge is -2.33. The van der Waals surface area contributed by atoms with Gasteiger partial charge in [0.15, 0.2) is 11.6 Å². The predicted molar refractivity (Wildman–Crippen MR) is 98.1 cm³/mol. The summed E-state index contributed by atoms with van der Waals surface area (Å²) in [5.74, 6) is -0.678. The largest absolute Gasteiger partial charge is 0.444 e. The van der Waals surface area contributed by atoms with Gasteiger partial charge in [0.05, 0.1) is 11.3 Å². The van der Waals surface area contributed by atoms with Gasteiger partial charge in [0.1, 0.15) is 10.8 Å². The highest BCUT2D eigenvalue weighted by Gasteiger charge is 2.28. The van der Waals surface area contributed by atoms with Gasteiger partial charge in [-0.25, -0.2) is 14.2 Å². The van der Waals surface area contributed by atoms with Crippen LogP contribution in [0, 0.1) is 11.7 Å². The fourth-order valence-corrected chi connectivity index (χ4v) is 3.21. The summed E-state index contributed by atoms with van der Waals surface area (Å²) in [6.07, 6.45) is 1.75. The Hall–Kier alpha value is -1.69. The first kappa shape index (κ1) is 20.6. The molecule has 0 saturated carbocycles. The number of rotatable bonds is 4. The standard InChI is InChI=1S/C19H26ClFN2O3/c1-5-15(24)13-11-16(20)22-14(17(13)21)10-12-6-8-23(9-7-12)18(25)26-19(2,3)4/h11-12H,5-10H2,1-4H3. The number of ether oxygens (including phenoxy) is 1. The third-order valence-electron chi connectivity index (χ3n) is 4.36. The lowest BCUT2D eigenvalue weighted by Crippen LogP contribution is -2.42. The molecule has 5 nitrogen and oxygen atoms in total. The molecule has 1 amide bonds. The molecule has 0 radical (unpaired) electrons. The predicted octanol–water partition coefficient (Wildman–Crippen LogP) is 4.66. The van der Waals surface area contributed by atoms with Gasteiger partial charge < -0.3 is 9.64 Å². The van der Waals surface area contributed by atoms with Crippen molar-refractivity contribution in [3.8, 4) is 0 Å². The lowest BCUT2D eigenvalue weighted by molar-refractivity contribution is 0.0183. The van der Waals surface area contributed by atoms with Crippen molar-refractivity contribution in [2.24, 2.45) is 5.92 Å². The molecular weight excluding hydrogens is 359 g/mol. The number of carbonyl (C=O) groups is 2. The first-order chi connectivity index (χ1) is 12.1. The van der Waals surface area contributed by atoms with Crippen LogP contribution in [0.4, 0.5) is 9.18 Å². The molecule has 2 rings (SSSR count). The smallest absolute Gasteiger partial charge is 0.410 e. The molecule has 0 aliphatic carbocycles. The maximum Gasteiger partial charge on any atom is 0.410 e. The van der Waals surface area contributed by atoms with Crippen molar-refractivity contribution < 1.29 is 18.7 Å². The number of amides is 1. The Labute approximate surface area is 158 Å². The molecule has 1 saturated heterocycles. The molecule has 144 valence electrons. The van der Waals surface area contributed by atoms with E-state index in [0.717, 1.165) is 12.8 Å². The lowest BCUT2D eigenvalue weighted by atomic mass is 9.91. The molecular formula is C19H26ClFN2O3. The van der Waals surface area contributed by atoms with E-state index in [2.05, 4.69) is 4.98 Å². The zero-order chi connectivity index (χ0) is 19.5. The Morgan fingerprint density at radius 1 is 1.35 bits per heavy atom. The Kier molecular flexibility index (Phi) is 6.61. The molecule has 1 aliphatic rings. The Balaban J connectivity index is 2.01. The summed E-state index contributed by atoms with van der Waals surface area (Å²) in [5.41, 5.74) is -0.289. The van der Waals surface area contributed by atoms with Crippen LogP contribution in [0.25, 0.3) is 0 Å². The highest BCUT2D eigenvalue weighted by Crippen LogP contribution is 2.26. The van der Waals surface area contributed by atoms with Gasteiger partial charge in [0, 0.05) is 19.5 Å². The van der Waals surface area contributed by atoms with Crippen molar-refractivity contribution in [2.45, 2.75) is 59.0 Å². The van der Waals surface area contributed by atoms with Crippen LogP contribution in [0.3, 0.4) is 0 Å². The fraction of sp³-hybridized carbons (Fsp3) is 0.632. The van der Waals surface area contributed by atoms with Crippen LogP contribution in [0.15, 0.2) is 6.07 Å². The van der Waals surface area contributed by atoms with Gasteiger partial charge in [-0.2, -0.15) is 0 Å². The molecule has 0 spiro atoms. The number of Topliss-reactive ketones (excluding diaryl/α,β-unsaturated/α-hetero) is 1. The number of piperidine rings is 1. The van der Waals surface area contributed by atoms with E-state index in [1.807, 2.05) is 20.8 Å². The first-order valence-corrected chi connectivity index (χ1v) is 9.34. The van der Waals surface area contributed by atoms with Gasteiger partial charge in [-0.1, -0.05) is 18.5 Å². The summed E-state index contributed by atoms with van der Waals surface area (Å²) >= 11 is 5.97. The highest BCUT2D eigenvalue weighted by atomic mass is 35.5. The third-order valence-corrected chi connectivity index (χ3v) is 4.56. The first-order valence-electron chi connectivity index (χ1n) is 8.96. The molecule has 26 heavy (non-hydrogen) atoms. The number of aromatic nitrogens is 1. The molecule has 0 atom stereocenters. The molecule has 0 N–H and O–H groups in total. The van der Waals surface area contributed by atoms with E-state index in [1.54, 1.807) is 11.8 Å². The number of hydrogen-bond acceptors (Lipinski definition) is 4. The van der Waals surface area contributed by atoms with E-state index in [1.165, 1.54) is 6.07 Å². The Bertz CT molecular complexity index is 680. The van der Waals surface area contributed by atoms with Gasteiger partial charge in [-0.05, 0) is 52.0 Å². The van der Waals surface area contributed by atoms with Crippen molar-refractivity contribution in [1.29, 1.82) is 0 Å². The Morgan fingerprint density at radius 3 is 2.50 bits per heavy atom. The average molecular weight is 385 g/mol. The number of hydrogen-bond donors (Lipinski definition) is 0. The monoisotopic (exact) mass is 384 g/mol. The number of halogens is 2. The van der Waals surface area contributed by atoms with Crippen molar-refractivity contribution in [3.63, 3.8) is 0 Å². The zero-order valence-electron chi connectivity index (χ0n) is 15.8. The molecule has 0 aromatic carbocycles. The minimum atomic E-state index is -0.573. The van der Waals surface area contributed by atoms with Crippen LogP contribution >= 0.6 is 11.6 Å². The van der Waals surface area contributed by atoms with Gasteiger partial charge in [-0.3, -0.25) is 4.79 Å². The second-order valence-corrected chi connectivity index (χ2v) is 8.03. The number of carbonyl (C=O) groups excluding carboxylic acids is 2. The highest BCUT2D eigenvalue weighted by molar-refractivity contribution is 6.29. The molecule has 1 aliphatic heterocycles. The molecule has 2 heterocycles. The quantitative estimate of drug-likeness (QED) is 0.559. The number of ketones is 1. The van der Waals surface area contributed by atoms with Gasteiger partial charge in [0.2, 0.25) is 0 Å². The minimum absolute atomic E-state index is 0.00805. The minimum Gasteiger partial charge on any atom is -0.444 e. The summed E-state index contributed by atoms with van der Waals surface area (Å²) in [6, 6.07) is 1.29. The van der Waals surface area contributed by atoms with Gasteiger partial charge >= 0.3 is 6.09 Å². The second-order valence-electron chi connectivity index (χ2n) is 7.64. The van der Waals surface area contributed by atoms with Crippen molar-refractivity contribution in [2.75, 3.05) is 13.1 Å². The summed E-state index contributed by atoms with van der Waals surface area (Å²) < 4.78 is 20.0. The van der Waals surface area contributed by atoms with Crippen LogP contribution in [0.1, 0.15) is 63.0 Å². The van der Waals surface area contributed by atoms with Gasteiger partial charge in [0.25, 0.3) is 0 Å². The third kappa shape index (κ3) is 5.40. The van der Waals surface area contributed by atoms with E-state index in [4.69, 9.17) is 16.3 Å². The van der Waals surface area contributed by atoms with E-state index < -0.39 is 11.4 Å². The summed E-state index contributed by atoms with van der Waals surface area (Å²) in [4.78, 5) is 29.7. The molecule has 0 bridgehead atoms. The van der Waals surface area contributed by atoms with Crippen LogP contribution in [-0.4, -0.2) is 40.5 Å². The number of likely N-dealkylation sites (tertiary alicyclic amines) is 1. The molecule has 1 fully saturated rings. The normalized spacial score (nSPS) is 15.8. The Morgan fingerprint density at radius 2 is 1.96 bits per heavy atom. The van der Waals surface area contributed by atoms with E-state index in [0.29, 0.717) is 19.5 Å². The number of pyridine rings is 1. The maximum atomic E-state index is 14.6. The second kappa shape index (κ2) is 8.33. The SMILES string of the molecule is CCC(=O)c1cc(Cl)nc(CC2CCN(C(=O)OC(C)(C)C)CC2)c1F. The summed E-state index contributed by atoms with van der Waals surface area (Å²) in [7, 11) is 0. The molecule has 1 aromatic heterocycles.